The Balaban J connectivity index is 4.06. The molecule has 0 radical (unpaired) electrons. The zero-order chi connectivity index (χ0) is 18.4. The maximum absolute atomic E-state index is 11.6. The lowest BCUT2D eigenvalue weighted by atomic mass is 9.96. The van der Waals surface area contributed by atoms with Crippen LogP contribution in [-0.4, -0.2) is 60.1 Å². The topological polar surface area (TPSA) is 179 Å². The number of hydrogen-bond acceptors (Lipinski definition) is 6. The van der Waals surface area contributed by atoms with Crippen molar-refractivity contribution in [2.75, 3.05) is 26.3 Å². The molecule has 0 unspecified atom stereocenters. The minimum absolute atomic E-state index is 0.147. The number of nitrogens with zero attached hydrogens (tertiary/aromatic N) is 3. The largest absolute Gasteiger partial charge is 0.481 e. The summed E-state index contributed by atoms with van der Waals surface area (Å²) >= 11 is 0. The summed E-state index contributed by atoms with van der Waals surface area (Å²) in [5.41, 5.74) is 8.04. The normalized spacial score (nSPS) is 11.2. The van der Waals surface area contributed by atoms with Crippen molar-refractivity contribution in [2.24, 2.45) is 11.0 Å². The van der Waals surface area contributed by atoms with Gasteiger partial charge in [-0.3, -0.25) is 19.2 Å². The SMILES string of the molecule is [N-]=[N+]=NCCOCCNC(=O)C[C@H](CC(=O)CCC(=O)O)C(=O)O. The summed E-state index contributed by atoms with van der Waals surface area (Å²) in [5, 5.41) is 23.2. The van der Waals surface area contributed by atoms with Gasteiger partial charge < -0.3 is 20.3 Å². The number of carbonyl (C=O) groups is 4. The Bertz CT molecular complexity index is 503. The summed E-state index contributed by atoms with van der Waals surface area (Å²) in [5.74, 6) is -4.70. The van der Waals surface area contributed by atoms with E-state index in [1.807, 2.05) is 0 Å². The van der Waals surface area contributed by atoms with Crippen LogP contribution in [0.25, 0.3) is 10.4 Å². The molecule has 0 rings (SSSR count). The van der Waals surface area contributed by atoms with Crippen LogP contribution in [0.1, 0.15) is 25.7 Å². The van der Waals surface area contributed by atoms with E-state index in [0.717, 1.165) is 0 Å². The van der Waals surface area contributed by atoms with E-state index >= 15 is 0 Å². The molecule has 0 aromatic rings. The number of hydrogen-bond donors (Lipinski definition) is 3. The van der Waals surface area contributed by atoms with Crippen molar-refractivity contribution < 1.29 is 34.1 Å². The third-order valence-electron chi connectivity index (χ3n) is 2.84. The van der Waals surface area contributed by atoms with Crippen molar-refractivity contribution in [1.82, 2.24) is 5.32 Å². The second-order valence-corrected chi connectivity index (χ2v) is 4.79. The number of rotatable bonds is 14. The molecule has 11 nitrogen and oxygen atoms in total. The number of carboxylic acid groups (broad SMARTS) is 2. The van der Waals surface area contributed by atoms with Gasteiger partial charge in [-0.1, -0.05) is 5.11 Å². The number of carbonyl (C=O) groups excluding carboxylic acids is 2. The van der Waals surface area contributed by atoms with Crippen molar-refractivity contribution in [3.63, 3.8) is 0 Å². The van der Waals surface area contributed by atoms with Gasteiger partial charge in [0.2, 0.25) is 5.91 Å². The van der Waals surface area contributed by atoms with Gasteiger partial charge in [-0.05, 0) is 5.53 Å². The van der Waals surface area contributed by atoms with Crippen LogP contribution in [0.4, 0.5) is 0 Å². The smallest absolute Gasteiger partial charge is 0.307 e. The fourth-order valence-electron chi connectivity index (χ4n) is 1.68. The second-order valence-electron chi connectivity index (χ2n) is 4.79. The lowest BCUT2D eigenvalue weighted by Crippen LogP contribution is -2.31. The quantitative estimate of drug-likeness (QED) is 0.176. The third kappa shape index (κ3) is 12.0. The third-order valence-corrected chi connectivity index (χ3v) is 2.84. The predicted molar refractivity (Wildman–Crippen MR) is 80.1 cm³/mol. The van der Waals surface area contributed by atoms with Crippen molar-refractivity contribution in [3.05, 3.63) is 10.4 Å². The van der Waals surface area contributed by atoms with Crippen LogP contribution >= 0.6 is 0 Å². The molecule has 3 N–H and O–H groups in total. The highest BCUT2D eigenvalue weighted by Gasteiger charge is 2.24. The van der Waals surface area contributed by atoms with E-state index in [-0.39, 0.29) is 45.6 Å². The molecule has 0 aliphatic rings. The Morgan fingerprint density at radius 2 is 1.83 bits per heavy atom. The molecular weight excluding hydrogens is 324 g/mol. The Labute approximate surface area is 137 Å². The van der Waals surface area contributed by atoms with Gasteiger partial charge in [0, 0.05) is 37.3 Å². The summed E-state index contributed by atoms with van der Waals surface area (Å²) in [6, 6.07) is 0. The van der Waals surface area contributed by atoms with Crippen molar-refractivity contribution in [3.8, 4) is 0 Å². The number of carboxylic acids is 2. The average molecular weight is 344 g/mol. The molecule has 0 aliphatic heterocycles. The molecular formula is C13H20N4O7. The van der Waals surface area contributed by atoms with Crippen LogP contribution in [0, 0.1) is 5.92 Å². The van der Waals surface area contributed by atoms with Crippen molar-refractivity contribution in [2.45, 2.75) is 25.7 Å². The Morgan fingerprint density at radius 1 is 1.12 bits per heavy atom. The van der Waals surface area contributed by atoms with Crippen LogP contribution in [0.2, 0.25) is 0 Å². The summed E-state index contributed by atoms with van der Waals surface area (Å²) in [6.07, 6.45) is -1.41. The standard InChI is InChI=1S/C13H20N4O7/c14-17-16-4-6-24-5-3-15-11(19)8-9(13(22)23)7-10(18)1-2-12(20)21/h9H,1-8H2,(H,15,19)(H,20,21)(H,22,23)/t9-/m0/s1. The molecule has 0 saturated heterocycles. The van der Waals surface area contributed by atoms with E-state index in [0.29, 0.717) is 0 Å². The van der Waals surface area contributed by atoms with E-state index in [1.165, 1.54) is 0 Å². The number of Topliss-reactive ketones (excluding diaryl/α,β-unsaturated/α-hetero) is 1. The number of nitrogens with one attached hydrogen (secondary N) is 1. The second kappa shape index (κ2) is 12.9. The fourth-order valence-corrected chi connectivity index (χ4v) is 1.68. The van der Waals surface area contributed by atoms with Gasteiger partial charge in [0.15, 0.2) is 0 Å². The highest BCUT2D eigenvalue weighted by molar-refractivity contribution is 5.88. The average Bonchev–Trinajstić information content (AvgIpc) is 2.51. The summed E-state index contributed by atoms with van der Waals surface area (Å²) < 4.78 is 5.05. The number of amides is 1. The molecule has 0 aromatic heterocycles. The van der Waals surface area contributed by atoms with Gasteiger partial charge in [0.1, 0.15) is 5.78 Å². The van der Waals surface area contributed by atoms with Crippen molar-refractivity contribution >= 4 is 23.6 Å². The molecule has 1 atom stereocenters. The van der Waals surface area contributed by atoms with Crippen LogP contribution in [0.15, 0.2) is 5.11 Å². The lowest BCUT2D eigenvalue weighted by molar-refractivity contribution is -0.146. The van der Waals surface area contributed by atoms with E-state index < -0.39 is 36.0 Å². The van der Waals surface area contributed by atoms with E-state index in [2.05, 4.69) is 15.3 Å². The lowest BCUT2D eigenvalue weighted by Gasteiger charge is -2.11. The maximum Gasteiger partial charge on any atom is 0.307 e. The summed E-state index contributed by atoms with van der Waals surface area (Å²) in [7, 11) is 0. The van der Waals surface area contributed by atoms with E-state index in [4.69, 9.17) is 20.5 Å². The molecule has 0 spiro atoms. The zero-order valence-corrected chi connectivity index (χ0v) is 13.0. The van der Waals surface area contributed by atoms with E-state index in [9.17, 15) is 19.2 Å². The Hall–Kier alpha value is -2.65. The molecule has 0 heterocycles. The molecule has 0 saturated carbocycles. The number of ether oxygens (including phenoxy) is 1. The van der Waals surface area contributed by atoms with Gasteiger partial charge in [0.05, 0.1) is 25.6 Å². The molecule has 24 heavy (non-hydrogen) atoms. The van der Waals surface area contributed by atoms with E-state index in [1.54, 1.807) is 0 Å². The molecule has 0 fully saturated rings. The van der Waals surface area contributed by atoms with Gasteiger partial charge in [0.25, 0.3) is 0 Å². The molecule has 11 heteroatoms. The van der Waals surface area contributed by atoms with Crippen LogP contribution in [0.5, 0.6) is 0 Å². The molecule has 0 aromatic carbocycles. The highest BCUT2D eigenvalue weighted by Crippen LogP contribution is 2.12. The molecule has 0 bridgehead atoms. The van der Waals surface area contributed by atoms with Gasteiger partial charge in [-0.2, -0.15) is 0 Å². The molecule has 1 amide bonds. The van der Waals surface area contributed by atoms with Crippen LogP contribution in [-0.2, 0) is 23.9 Å². The minimum atomic E-state index is -1.29. The minimum Gasteiger partial charge on any atom is -0.481 e. The first-order valence-corrected chi connectivity index (χ1v) is 7.18. The predicted octanol–water partition coefficient (Wildman–Crippen LogP) is 0.344. The number of azide groups is 1. The monoisotopic (exact) mass is 344 g/mol. The Kier molecular flexibility index (Phi) is 11.4. The number of ketones is 1. The van der Waals surface area contributed by atoms with Gasteiger partial charge in [-0.15, -0.1) is 0 Å². The Morgan fingerprint density at radius 3 is 2.42 bits per heavy atom. The first-order valence-electron chi connectivity index (χ1n) is 7.18. The van der Waals surface area contributed by atoms with Gasteiger partial charge in [-0.25, -0.2) is 0 Å². The first kappa shape index (κ1) is 21.4. The zero-order valence-electron chi connectivity index (χ0n) is 13.0. The maximum atomic E-state index is 11.6. The first-order chi connectivity index (χ1) is 11.4. The molecule has 0 aliphatic carbocycles. The number of aliphatic carboxylic acids is 2. The highest BCUT2D eigenvalue weighted by atomic mass is 16.5. The van der Waals surface area contributed by atoms with Crippen LogP contribution < -0.4 is 5.32 Å². The summed E-state index contributed by atoms with van der Waals surface area (Å²) in [6.45, 7) is 0.691. The van der Waals surface area contributed by atoms with Crippen LogP contribution in [0.3, 0.4) is 0 Å². The van der Waals surface area contributed by atoms with Crippen molar-refractivity contribution in [1.29, 1.82) is 0 Å². The fraction of sp³-hybridized carbons (Fsp3) is 0.692. The molecule has 134 valence electrons. The van der Waals surface area contributed by atoms with Gasteiger partial charge >= 0.3 is 11.9 Å². The summed E-state index contributed by atoms with van der Waals surface area (Å²) in [4.78, 5) is 47.1.